The Morgan fingerprint density at radius 3 is 2.59 bits per heavy atom. The van der Waals surface area contributed by atoms with E-state index in [9.17, 15) is 0 Å². The second-order valence-electron chi connectivity index (χ2n) is 6.55. The van der Waals surface area contributed by atoms with Crippen LogP contribution in [0.2, 0.25) is 0 Å². The molecule has 1 N–H and O–H groups in total. The van der Waals surface area contributed by atoms with Crippen molar-refractivity contribution in [3.63, 3.8) is 0 Å². The van der Waals surface area contributed by atoms with Crippen LogP contribution < -0.4 is 5.32 Å². The monoisotopic (exact) mass is 299 g/mol. The van der Waals surface area contributed by atoms with E-state index in [1.807, 2.05) is 25.6 Å². The smallest absolute Gasteiger partial charge is 0.223 e. The zero-order chi connectivity index (χ0) is 15.5. The van der Waals surface area contributed by atoms with Crippen LogP contribution in [-0.2, 0) is 7.05 Å². The van der Waals surface area contributed by atoms with E-state index in [0.29, 0.717) is 17.8 Å². The molecule has 5 nitrogen and oxygen atoms in total. The summed E-state index contributed by atoms with van der Waals surface area (Å²) >= 11 is 0. The minimum atomic E-state index is 0.110. The van der Waals surface area contributed by atoms with Gasteiger partial charge in [-0.05, 0) is 24.8 Å². The first-order valence-corrected chi connectivity index (χ1v) is 8.22. The van der Waals surface area contributed by atoms with Gasteiger partial charge in [-0.1, -0.05) is 26.7 Å². The lowest BCUT2D eigenvalue weighted by atomic mass is 10.0. The highest BCUT2D eigenvalue weighted by Gasteiger charge is 2.22. The molecule has 0 saturated heterocycles. The number of imidazole rings is 1. The Labute approximate surface area is 132 Å². The van der Waals surface area contributed by atoms with E-state index < -0.39 is 0 Å². The molecule has 1 saturated carbocycles. The third kappa shape index (κ3) is 3.13. The van der Waals surface area contributed by atoms with E-state index in [1.165, 1.54) is 31.4 Å². The van der Waals surface area contributed by atoms with E-state index in [1.54, 1.807) is 0 Å². The van der Waals surface area contributed by atoms with Crippen LogP contribution in [0.1, 0.15) is 63.0 Å². The van der Waals surface area contributed by atoms with E-state index in [-0.39, 0.29) is 6.04 Å². The van der Waals surface area contributed by atoms with Crippen LogP contribution >= 0.6 is 0 Å². The molecule has 1 unspecified atom stereocenters. The number of anilines is 1. The second kappa shape index (κ2) is 6.46. The van der Waals surface area contributed by atoms with Crippen LogP contribution in [0.3, 0.4) is 0 Å². The highest BCUT2D eigenvalue weighted by Crippen LogP contribution is 2.33. The predicted octanol–water partition coefficient (Wildman–Crippen LogP) is 3.68. The first kappa shape index (κ1) is 15.0. The molecule has 3 rings (SSSR count). The van der Waals surface area contributed by atoms with Crippen molar-refractivity contribution in [3.05, 3.63) is 36.2 Å². The lowest BCUT2D eigenvalue weighted by Gasteiger charge is -2.22. The van der Waals surface area contributed by atoms with Gasteiger partial charge >= 0.3 is 0 Å². The van der Waals surface area contributed by atoms with Gasteiger partial charge in [0.25, 0.3) is 0 Å². The summed E-state index contributed by atoms with van der Waals surface area (Å²) in [5.74, 6) is 2.74. The van der Waals surface area contributed by atoms with E-state index >= 15 is 0 Å². The second-order valence-corrected chi connectivity index (χ2v) is 6.55. The molecule has 0 aliphatic heterocycles. The van der Waals surface area contributed by atoms with Gasteiger partial charge in [0.05, 0.1) is 6.04 Å². The number of nitrogens with zero attached hydrogens (tertiary/aromatic N) is 4. The number of hydrogen-bond acceptors (Lipinski definition) is 4. The van der Waals surface area contributed by atoms with E-state index in [2.05, 4.69) is 39.8 Å². The van der Waals surface area contributed by atoms with E-state index in [0.717, 1.165) is 5.82 Å². The number of aromatic nitrogens is 4. The lowest BCUT2D eigenvalue weighted by molar-refractivity contribution is 0.504. The van der Waals surface area contributed by atoms with Gasteiger partial charge in [-0.15, -0.1) is 0 Å². The molecule has 118 valence electrons. The SMILES string of the molecule is CC(C)C(Nc1nccc(C2CCCC2)n1)c1nccn1C. The Bertz CT molecular complexity index is 613. The maximum atomic E-state index is 4.76. The molecule has 1 atom stereocenters. The third-order valence-corrected chi connectivity index (χ3v) is 4.54. The Balaban J connectivity index is 1.81. The first-order valence-electron chi connectivity index (χ1n) is 8.22. The summed E-state index contributed by atoms with van der Waals surface area (Å²) in [5.41, 5.74) is 1.18. The third-order valence-electron chi connectivity index (χ3n) is 4.54. The average Bonchev–Trinajstić information content (AvgIpc) is 3.16. The molecule has 0 amide bonds. The molecule has 0 spiro atoms. The van der Waals surface area contributed by atoms with Crippen molar-refractivity contribution in [3.8, 4) is 0 Å². The summed E-state index contributed by atoms with van der Waals surface area (Å²) in [6, 6.07) is 2.17. The summed E-state index contributed by atoms with van der Waals surface area (Å²) in [7, 11) is 2.02. The number of hydrogen-bond donors (Lipinski definition) is 1. The summed E-state index contributed by atoms with van der Waals surface area (Å²) in [6.07, 6.45) is 10.8. The quantitative estimate of drug-likeness (QED) is 0.915. The van der Waals surface area contributed by atoms with Gasteiger partial charge in [-0.2, -0.15) is 0 Å². The Hall–Kier alpha value is -1.91. The summed E-state index contributed by atoms with van der Waals surface area (Å²) in [5, 5.41) is 3.48. The largest absolute Gasteiger partial charge is 0.344 e. The molecule has 1 aliphatic rings. The van der Waals surface area contributed by atoms with Gasteiger partial charge in [0.2, 0.25) is 5.95 Å². The van der Waals surface area contributed by atoms with Crippen LogP contribution in [0, 0.1) is 5.92 Å². The lowest BCUT2D eigenvalue weighted by Crippen LogP contribution is -2.22. The van der Waals surface area contributed by atoms with E-state index in [4.69, 9.17) is 4.98 Å². The van der Waals surface area contributed by atoms with Crippen LogP contribution in [0.15, 0.2) is 24.7 Å². The Kier molecular flexibility index (Phi) is 4.41. The highest BCUT2D eigenvalue weighted by atomic mass is 15.2. The van der Waals surface area contributed by atoms with Gasteiger partial charge in [0.15, 0.2) is 0 Å². The fraction of sp³-hybridized carbons (Fsp3) is 0.588. The molecular formula is C17H25N5. The van der Waals surface area contributed by atoms with Gasteiger partial charge in [0.1, 0.15) is 5.82 Å². The fourth-order valence-corrected chi connectivity index (χ4v) is 3.24. The number of rotatable bonds is 5. The predicted molar refractivity (Wildman–Crippen MR) is 87.7 cm³/mol. The van der Waals surface area contributed by atoms with Crippen molar-refractivity contribution in [2.24, 2.45) is 13.0 Å². The molecule has 5 heteroatoms. The molecule has 1 fully saturated rings. The zero-order valence-electron chi connectivity index (χ0n) is 13.7. The summed E-state index contributed by atoms with van der Waals surface area (Å²) in [4.78, 5) is 13.6. The van der Waals surface area contributed by atoms with Crippen molar-refractivity contribution in [1.29, 1.82) is 0 Å². The molecule has 0 aromatic carbocycles. The van der Waals surface area contributed by atoms with Crippen LogP contribution in [0.5, 0.6) is 0 Å². The molecular weight excluding hydrogens is 274 g/mol. The molecule has 2 aromatic rings. The molecule has 1 aliphatic carbocycles. The average molecular weight is 299 g/mol. The Morgan fingerprint density at radius 1 is 1.18 bits per heavy atom. The van der Waals surface area contributed by atoms with Crippen molar-refractivity contribution in [2.75, 3.05) is 5.32 Å². The highest BCUT2D eigenvalue weighted by molar-refractivity contribution is 5.30. The minimum absolute atomic E-state index is 0.110. The van der Waals surface area contributed by atoms with Crippen LogP contribution in [0.4, 0.5) is 5.95 Å². The van der Waals surface area contributed by atoms with Crippen LogP contribution in [0.25, 0.3) is 0 Å². The molecule has 0 radical (unpaired) electrons. The van der Waals surface area contributed by atoms with Crippen molar-refractivity contribution >= 4 is 5.95 Å². The van der Waals surface area contributed by atoms with Gasteiger partial charge in [-0.25, -0.2) is 15.0 Å². The molecule has 2 aromatic heterocycles. The normalized spacial score (nSPS) is 17.1. The van der Waals surface area contributed by atoms with Crippen molar-refractivity contribution < 1.29 is 0 Å². The number of nitrogens with one attached hydrogen (secondary N) is 1. The fourth-order valence-electron chi connectivity index (χ4n) is 3.24. The molecule has 22 heavy (non-hydrogen) atoms. The number of aryl methyl sites for hydroxylation is 1. The Morgan fingerprint density at radius 2 is 1.95 bits per heavy atom. The molecule has 2 heterocycles. The summed E-state index contributed by atoms with van der Waals surface area (Å²) < 4.78 is 2.05. The van der Waals surface area contributed by atoms with Gasteiger partial charge < -0.3 is 9.88 Å². The van der Waals surface area contributed by atoms with Crippen molar-refractivity contribution in [2.45, 2.75) is 51.5 Å². The maximum absolute atomic E-state index is 4.76. The van der Waals surface area contributed by atoms with Crippen molar-refractivity contribution in [1.82, 2.24) is 19.5 Å². The standard InChI is InChI=1S/C17H25N5/c1-12(2)15(16-18-10-11-22(16)3)21-17-19-9-8-14(20-17)13-6-4-5-7-13/h8-13,15H,4-7H2,1-3H3,(H,19,20,21). The first-order chi connectivity index (χ1) is 10.6. The summed E-state index contributed by atoms with van der Waals surface area (Å²) in [6.45, 7) is 4.38. The molecule has 0 bridgehead atoms. The van der Waals surface area contributed by atoms with Gasteiger partial charge in [0, 0.05) is 37.3 Å². The topological polar surface area (TPSA) is 55.6 Å². The van der Waals surface area contributed by atoms with Crippen LogP contribution in [-0.4, -0.2) is 19.5 Å². The maximum Gasteiger partial charge on any atom is 0.223 e. The minimum Gasteiger partial charge on any atom is -0.344 e. The zero-order valence-corrected chi connectivity index (χ0v) is 13.7. The van der Waals surface area contributed by atoms with Gasteiger partial charge in [-0.3, -0.25) is 0 Å².